The highest BCUT2D eigenvalue weighted by molar-refractivity contribution is 7.99. The van der Waals surface area contributed by atoms with E-state index in [4.69, 9.17) is 22.7 Å². The molecule has 4 heteroatoms. The quantitative estimate of drug-likeness (QED) is 0.655. The number of benzene rings is 2. The van der Waals surface area contributed by atoms with Crippen LogP contribution in [0, 0.1) is 12.3 Å². The highest BCUT2D eigenvalue weighted by atomic mass is 35.5. The van der Waals surface area contributed by atoms with Crippen LogP contribution < -0.4 is 5.73 Å². The largest absolute Gasteiger partial charge is 0.384 e. The summed E-state index contributed by atoms with van der Waals surface area (Å²) in [6.07, 6.45) is 0. The second-order valence-electron chi connectivity index (χ2n) is 3.92. The first kappa shape index (κ1) is 13.0. The summed E-state index contributed by atoms with van der Waals surface area (Å²) in [7, 11) is 0. The van der Waals surface area contributed by atoms with Gasteiger partial charge in [0.25, 0.3) is 0 Å². The number of aryl methyl sites for hydroxylation is 1. The Balaban J connectivity index is 2.39. The molecule has 2 aromatic carbocycles. The van der Waals surface area contributed by atoms with Gasteiger partial charge in [0.05, 0.1) is 0 Å². The van der Waals surface area contributed by atoms with E-state index in [2.05, 4.69) is 0 Å². The third-order valence-electron chi connectivity index (χ3n) is 2.54. The maximum absolute atomic E-state index is 7.62. The molecule has 0 saturated heterocycles. The normalized spacial score (nSPS) is 10.3. The molecule has 0 amide bonds. The van der Waals surface area contributed by atoms with E-state index in [9.17, 15) is 0 Å². The van der Waals surface area contributed by atoms with Gasteiger partial charge in [-0.3, -0.25) is 5.41 Å². The molecular formula is C14H13ClN2S. The van der Waals surface area contributed by atoms with Gasteiger partial charge in [-0.1, -0.05) is 41.6 Å². The molecule has 0 fully saturated rings. The maximum Gasteiger partial charge on any atom is 0.123 e. The summed E-state index contributed by atoms with van der Waals surface area (Å²) in [5, 5.41) is 8.33. The number of nitrogens with two attached hydrogens (primary N) is 1. The second kappa shape index (κ2) is 5.46. The van der Waals surface area contributed by atoms with Gasteiger partial charge in [-0.15, -0.1) is 0 Å². The van der Waals surface area contributed by atoms with Crippen LogP contribution in [0.5, 0.6) is 0 Å². The van der Waals surface area contributed by atoms with Crippen LogP contribution in [0.15, 0.2) is 52.3 Å². The molecule has 0 unspecified atom stereocenters. The minimum absolute atomic E-state index is 0.0927. The molecule has 0 bridgehead atoms. The minimum Gasteiger partial charge on any atom is -0.384 e. The van der Waals surface area contributed by atoms with Crippen molar-refractivity contribution in [3.05, 3.63) is 58.6 Å². The maximum atomic E-state index is 7.62. The van der Waals surface area contributed by atoms with Crippen LogP contribution in [0.3, 0.4) is 0 Å². The standard InChI is InChI=1S/C14H13ClN2S/c1-9-3-2-4-12(14(16)17)13(9)18-11-7-5-10(15)6-8-11/h2-8H,1H3,(H3,16,17). The summed E-state index contributed by atoms with van der Waals surface area (Å²) in [5.74, 6) is 0.0927. The molecule has 2 nitrogen and oxygen atoms in total. The van der Waals surface area contributed by atoms with Gasteiger partial charge < -0.3 is 5.73 Å². The van der Waals surface area contributed by atoms with Gasteiger partial charge in [0.2, 0.25) is 0 Å². The number of halogens is 1. The van der Waals surface area contributed by atoms with Gasteiger partial charge in [-0.05, 0) is 36.8 Å². The van der Waals surface area contributed by atoms with E-state index in [-0.39, 0.29) is 5.84 Å². The van der Waals surface area contributed by atoms with Crippen LogP contribution in [-0.2, 0) is 0 Å². The highest BCUT2D eigenvalue weighted by Crippen LogP contribution is 2.33. The second-order valence-corrected chi connectivity index (χ2v) is 5.44. The molecule has 18 heavy (non-hydrogen) atoms. The van der Waals surface area contributed by atoms with Gasteiger partial charge in [-0.25, -0.2) is 0 Å². The Labute approximate surface area is 116 Å². The summed E-state index contributed by atoms with van der Waals surface area (Å²) in [5.41, 5.74) is 7.50. The molecule has 0 spiro atoms. The van der Waals surface area contributed by atoms with Gasteiger partial charge >= 0.3 is 0 Å². The smallest absolute Gasteiger partial charge is 0.123 e. The first-order chi connectivity index (χ1) is 8.58. The Kier molecular flexibility index (Phi) is 3.94. The van der Waals surface area contributed by atoms with E-state index in [1.165, 1.54) is 0 Å². The van der Waals surface area contributed by atoms with Crippen molar-refractivity contribution in [3.63, 3.8) is 0 Å². The minimum atomic E-state index is 0.0927. The van der Waals surface area contributed by atoms with Crippen LogP contribution in [0.2, 0.25) is 5.02 Å². The molecule has 0 aliphatic rings. The highest BCUT2D eigenvalue weighted by Gasteiger charge is 2.09. The summed E-state index contributed by atoms with van der Waals surface area (Å²) in [6, 6.07) is 13.4. The Morgan fingerprint density at radius 2 is 1.83 bits per heavy atom. The molecule has 0 saturated carbocycles. The van der Waals surface area contributed by atoms with E-state index >= 15 is 0 Å². The zero-order valence-corrected chi connectivity index (χ0v) is 11.5. The predicted molar refractivity (Wildman–Crippen MR) is 77.8 cm³/mol. The average molecular weight is 277 g/mol. The lowest BCUT2D eigenvalue weighted by molar-refractivity contribution is 1.25. The zero-order chi connectivity index (χ0) is 13.1. The lowest BCUT2D eigenvalue weighted by atomic mass is 10.1. The summed E-state index contributed by atoms with van der Waals surface area (Å²) < 4.78 is 0. The molecule has 0 aliphatic heterocycles. The number of nitrogen functional groups attached to an aromatic ring is 1. The van der Waals surface area contributed by atoms with Crippen molar-refractivity contribution in [2.24, 2.45) is 5.73 Å². The number of hydrogen-bond donors (Lipinski definition) is 2. The third kappa shape index (κ3) is 2.86. The Bertz CT molecular complexity index is 579. The first-order valence-corrected chi connectivity index (χ1v) is 6.65. The van der Waals surface area contributed by atoms with Crippen LogP contribution in [-0.4, -0.2) is 5.84 Å². The van der Waals surface area contributed by atoms with E-state index in [0.29, 0.717) is 0 Å². The molecule has 0 atom stereocenters. The molecule has 3 N–H and O–H groups in total. The first-order valence-electron chi connectivity index (χ1n) is 5.45. The number of rotatable bonds is 3. The van der Waals surface area contributed by atoms with Crippen molar-refractivity contribution in [3.8, 4) is 0 Å². The molecule has 0 heterocycles. The Morgan fingerprint density at radius 1 is 1.17 bits per heavy atom. The summed E-state index contributed by atoms with van der Waals surface area (Å²) in [6.45, 7) is 2.02. The third-order valence-corrected chi connectivity index (χ3v) is 4.04. The SMILES string of the molecule is Cc1cccc(C(=N)N)c1Sc1ccc(Cl)cc1. The van der Waals surface area contributed by atoms with Crippen molar-refractivity contribution in [2.45, 2.75) is 16.7 Å². The molecule has 92 valence electrons. The fourth-order valence-electron chi connectivity index (χ4n) is 1.62. The van der Waals surface area contributed by atoms with E-state index in [1.807, 2.05) is 49.4 Å². The molecule has 0 radical (unpaired) electrons. The van der Waals surface area contributed by atoms with Crippen LogP contribution in [0.1, 0.15) is 11.1 Å². The molecule has 0 aliphatic carbocycles. The monoisotopic (exact) mass is 276 g/mol. The molecule has 2 aromatic rings. The number of hydrogen-bond acceptors (Lipinski definition) is 2. The number of nitrogens with one attached hydrogen (secondary N) is 1. The van der Waals surface area contributed by atoms with Gasteiger partial charge in [0.1, 0.15) is 5.84 Å². The Morgan fingerprint density at radius 3 is 2.44 bits per heavy atom. The van der Waals surface area contributed by atoms with Gasteiger partial charge in [0, 0.05) is 20.4 Å². The van der Waals surface area contributed by atoms with Gasteiger partial charge in [-0.2, -0.15) is 0 Å². The van der Waals surface area contributed by atoms with Crippen LogP contribution in [0.4, 0.5) is 0 Å². The molecule has 0 aromatic heterocycles. The summed E-state index contributed by atoms with van der Waals surface area (Å²) >= 11 is 7.46. The van der Waals surface area contributed by atoms with Gasteiger partial charge in [0.15, 0.2) is 0 Å². The fraction of sp³-hybridized carbons (Fsp3) is 0.0714. The van der Waals surface area contributed by atoms with Crippen molar-refractivity contribution >= 4 is 29.2 Å². The lowest BCUT2D eigenvalue weighted by Crippen LogP contribution is -2.12. The van der Waals surface area contributed by atoms with Crippen molar-refractivity contribution in [1.82, 2.24) is 0 Å². The van der Waals surface area contributed by atoms with Crippen LogP contribution in [0.25, 0.3) is 0 Å². The summed E-state index contributed by atoms with van der Waals surface area (Å²) in [4.78, 5) is 2.10. The van der Waals surface area contributed by atoms with E-state index < -0.39 is 0 Å². The van der Waals surface area contributed by atoms with E-state index in [1.54, 1.807) is 11.8 Å². The van der Waals surface area contributed by atoms with Crippen molar-refractivity contribution in [1.29, 1.82) is 5.41 Å². The lowest BCUT2D eigenvalue weighted by Gasteiger charge is -2.11. The predicted octanol–water partition coefficient (Wildman–Crippen LogP) is 4.08. The van der Waals surface area contributed by atoms with E-state index in [0.717, 1.165) is 25.9 Å². The fourth-order valence-corrected chi connectivity index (χ4v) is 2.77. The Hall–Kier alpha value is -1.45. The molecule has 2 rings (SSSR count). The van der Waals surface area contributed by atoms with Crippen LogP contribution >= 0.6 is 23.4 Å². The number of amidine groups is 1. The molecular weight excluding hydrogens is 264 g/mol. The zero-order valence-electron chi connectivity index (χ0n) is 9.91. The average Bonchev–Trinajstić information content (AvgIpc) is 2.34. The van der Waals surface area contributed by atoms with Crippen molar-refractivity contribution < 1.29 is 0 Å². The van der Waals surface area contributed by atoms with Crippen molar-refractivity contribution in [2.75, 3.05) is 0 Å². The topological polar surface area (TPSA) is 49.9 Å².